The van der Waals surface area contributed by atoms with Crippen LogP contribution in [-0.2, 0) is 0 Å². The number of H-pyrrole nitrogens is 1. The Morgan fingerprint density at radius 2 is 2.00 bits per heavy atom. The van der Waals surface area contributed by atoms with Crippen LogP contribution in [0.1, 0.15) is 0 Å². The fourth-order valence-corrected chi connectivity index (χ4v) is 1.90. The lowest BCUT2D eigenvalue weighted by Crippen LogP contribution is -1.97. The quantitative estimate of drug-likeness (QED) is 0.772. The maximum Gasteiger partial charge on any atom is 0.190 e. The molecule has 5 nitrogen and oxygen atoms in total. The number of hydrogen-bond acceptors (Lipinski definition) is 4. The second-order valence-electron chi connectivity index (χ2n) is 4.07. The van der Waals surface area contributed by atoms with Crippen LogP contribution >= 0.6 is 0 Å². The Balaban J connectivity index is 1.99. The molecule has 7 heteroatoms. The molecular weight excluding hydrogens is 266 g/mol. The van der Waals surface area contributed by atoms with Gasteiger partial charge in [-0.2, -0.15) is 5.10 Å². The molecule has 0 unspecified atom stereocenters. The summed E-state index contributed by atoms with van der Waals surface area (Å²) >= 11 is 0. The summed E-state index contributed by atoms with van der Waals surface area (Å²) in [5.74, 6) is -1.60. The van der Waals surface area contributed by atoms with Crippen molar-refractivity contribution in [3.05, 3.63) is 42.1 Å². The van der Waals surface area contributed by atoms with Gasteiger partial charge in [-0.05, 0) is 12.1 Å². The highest BCUT2D eigenvalue weighted by atomic mass is 19.1. The summed E-state index contributed by atoms with van der Waals surface area (Å²) in [4.78, 5) is 4.15. The van der Waals surface area contributed by atoms with Gasteiger partial charge >= 0.3 is 0 Å². The summed E-state index contributed by atoms with van der Waals surface area (Å²) in [5.41, 5.74) is 1.54. The number of ether oxygens (including phenoxy) is 1. The molecule has 0 saturated heterocycles. The number of benzene rings is 1. The molecule has 0 bridgehead atoms. The molecule has 2 N–H and O–H groups in total. The van der Waals surface area contributed by atoms with Gasteiger partial charge in [-0.1, -0.05) is 0 Å². The monoisotopic (exact) mass is 276 g/mol. The van der Waals surface area contributed by atoms with Crippen LogP contribution in [0.3, 0.4) is 0 Å². The second kappa shape index (κ2) is 4.76. The van der Waals surface area contributed by atoms with Gasteiger partial charge in [0, 0.05) is 24.0 Å². The third-order valence-corrected chi connectivity index (χ3v) is 2.79. The molecule has 0 atom stereocenters. The molecule has 102 valence electrons. The third-order valence-electron chi connectivity index (χ3n) is 2.79. The van der Waals surface area contributed by atoms with Crippen LogP contribution in [0.2, 0.25) is 0 Å². The average molecular weight is 276 g/mol. The van der Waals surface area contributed by atoms with E-state index in [0.29, 0.717) is 11.3 Å². The lowest BCUT2D eigenvalue weighted by molar-refractivity contribution is 0.360. The Kier molecular flexibility index (Phi) is 2.94. The van der Waals surface area contributed by atoms with Crippen LogP contribution in [0, 0.1) is 11.6 Å². The number of aromatic amines is 1. The number of fused-ring (bicyclic) bond motifs is 1. The molecule has 3 aromatic rings. The smallest absolute Gasteiger partial charge is 0.190 e. The first kappa shape index (κ1) is 12.3. The summed E-state index contributed by atoms with van der Waals surface area (Å²) in [6.07, 6.45) is 1.61. The zero-order chi connectivity index (χ0) is 14.1. The topological polar surface area (TPSA) is 62.8 Å². The van der Waals surface area contributed by atoms with Crippen LogP contribution in [0.15, 0.2) is 30.5 Å². The number of pyridine rings is 1. The molecule has 20 heavy (non-hydrogen) atoms. The van der Waals surface area contributed by atoms with Crippen LogP contribution in [0.5, 0.6) is 5.75 Å². The zero-order valence-electron chi connectivity index (χ0n) is 10.4. The molecule has 0 aliphatic carbocycles. The van der Waals surface area contributed by atoms with E-state index in [9.17, 15) is 8.78 Å². The summed E-state index contributed by atoms with van der Waals surface area (Å²) in [6.45, 7) is 0. The van der Waals surface area contributed by atoms with Crippen molar-refractivity contribution in [2.24, 2.45) is 0 Å². The highest BCUT2D eigenvalue weighted by Gasteiger charge is 2.13. The fraction of sp³-hybridized carbons (Fsp3) is 0.0769. The van der Waals surface area contributed by atoms with Crippen molar-refractivity contribution in [2.45, 2.75) is 0 Å². The van der Waals surface area contributed by atoms with Gasteiger partial charge in [-0.25, -0.2) is 8.78 Å². The molecule has 0 amide bonds. The molecule has 1 aromatic carbocycles. The molecule has 0 spiro atoms. The first-order chi connectivity index (χ1) is 9.69. The maximum atomic E-state index is 13.6. The van der Waals surface area contributed by atoms with Crippen molar-refractivity contribution in [3.8, 4) is 5.75 Å². The SMILES string of the molecule is COc1c(F)cc(Nc2n[nH]c3cccnc23)cc1F. The predicted molar refractivity (Wildman–Crippen MR) is 70.1 cm³/mol. The van der Waals surface area contributed by atoms with E-state index in [1.807, 2.05) is 0 Å². The number of rotatable bonds is 3. The van der Waals surface area contributed by atoms with E-state index in [4.69, 9.17) is 0 Å². The predicted octanol–water partition coefficient (Wildman–Crippen LogP) is 2.99. The number of methoxy groups -OCH3 is 1. The van der Waals surface area contributed by atoms with Crippen molar-refractivity contribution in [1.82, 2.24) is 15.2 Å². The van der Waals surface area contributed by atoms with Crippen molar-refractivity contribution < 1.29 is 13.5 Å². The Morgan fingerprint density at radius 1 is 1.25 bits per heavy atom. The molecule has 2 aromatic heterocycles. The molecule has 2 heterocycles. The minimum absolute atomic E-state index is 0.222. The van der Waals surface area contributed by atoms with Crippen molar-refractivity contribution in [2.75, 3.05) is 12.4 Å². The molecule has 3 rings (SSSR count). The van der Waals surface area contributed by atoms with Gasteiger partial charge in [-0.15, -0.1) is 0 Å². The summed E-state index contributed by atoms with van der Waals surface area (Å²) < 4.78 is 31.8. The van der Waals surface area contributed by atoms with E-state index in [-0.39, 0.29) is 5.69 Å². The van der Waals surface area contributed by atoms with E-state index >= 15 is 0 Å². The van der Waals surface area contributed by atoms with E-state index in [1.54, 1.807) is 18.3 Å². The maximum absolute atomic E-state index is 13.6. The number of hydrogen-bond donors (Lipinski definition) is 2. The van der Waals surface area contributed by atoms with Gasteiger partial charge in [0.05, 0.1) is 12.6 Å². The van der Waals surface area contributed by atoms with E-state index in [0.717, 1.165) is 17.6 Å². The minimum atomic E-state index is -0.789. The van der Waals surface area contributed by atoms with E-state index in [2.05, 4.69) is 25.2 Å². The number of nitrogens with zero attached hydrogens (tertiary/aromatic N) is 2. The van der Waals surface area contributed by atoms with Gasteiger partial charge in [0.1, 0.15) is 5.52 Å². The lowest BCUT2D eigenvalue weighted by atomic mass is 10.2. The number of anilines is 2. The lowest BCUT2D eigenvalue weighted by Gasteiger charge is -2.07. The highest BCUT2D eigenvalue weighted by molar-refractivity contribution is 5.87. The fourth-order valence-electron chi connectivity index (χ4n) is 1.90. The molecule has 0 fully saturated rings. The average Bonchev–Trinajstić information content (AvgIpc) is 2.82. The zero-order valence-corrected chi connectivity index (χ0v) is 10.4. The summed E-state index contributed by atoms with van der Waals surface area (Å²) in [5, 5.41) is 9.61. The molecule has 0 radical (unpaired) electrons. The van der Waals surface area contributed by atoms with E-state index < -0.39 is 17.4 Å². The highest BCUT2D eigenvalue weighted by Crippen LogP contribution is 2.28. The summed E-state index contributed by atoms with van der Waals surface area (Å²) in [7, 11) is 1.21. The van der Waals surface area contributed by atoms with Gasteiger partial charge in [-0.3, -0.25) is 10.1 Å². The minimum Gasteiger partial charge on any atom is -0.491 e. The van der Waals surface area contributed by atoms with Crippen LogP contribution < -0.4 is 10.1 Å². The van der Waals surface area contributed by atoms with Gasteiger partial charge in [0.2, 0.25) is 0 Å². The van der Waals surface area contributed by atoms with Crippen LogP contribution in [0.25, 0.3) is 11.0 Å². The Labute approximate surface area is 112 Å². The van der Waals surface area contributed by atoms with E-state index in [1.165, 1.54) is 7.11 Å². The molecular formula is C13H10F2N4O. The van der Waals surface area contributed by atoms with Gasteiger partial charge in [0.15, 0.2) is 23.2 Å². The number of aromatic nitrogens is 3. The van der Waals surface area contributed by atoms with Crippen molar-refractivity contribution in [3.63, 3.8) is 0 Å². The van der Waals surface area contributed by atoms with Crippen LogP contribution in [0.4, 0.5) is 20.3 Å². The Hall–Kier alpha value is -2.70. The van der Waals surface area contributed by atoms with Gasteiger partial charge in [0.25, 0.3) is 0 Å². The van der Waals surface area contributed by atoms with Crippen molar-refractivity contribution >= 4 is 22.5 Å². The first-order valence-electron chi connectivity index (χ1n) is 5.78. The van der Waals surface area contributed by atoms with Crippen LogP contribution in [-0.4, -0.2) is 22.3 Å². The summed E-state index contributed by atoms with van der Waals surface area (Å²) in [6, 6.07) is 5.82. The third kappa shape index (κ3) is 2.03. The second-order valence-corrected chi connectivity index (χ2v) is 4.07. The number of nitrogens with one attached hydrogen (secondary N) is 2. The Morgan fingerprint density at radius 3 is 2.70 bits per heavy atom. The van der Waals surface area contributed by atoms with Gasteiger partial charge < -0.3 is 10.1 Å². The largest absolute Gasteiger partial charge is 0.491 e. The molecule has 0 aliphatic rings. The Bertz CT molecular complexity index is 749. The standard InChI is InChI=1S/C13H10F2N4O/c1-20-12-8(14)5-7(6-9(12)15)17-13-11-10(18-19-13)3-2-4-16-11/h2-6H,1H3,(H2,17,18,19). The van der Waals surface area contributed by atoms with Crippen molar-refractivity contribution in [1.29, 1.82) is 0 Å². The first-order valence-corrected chi connectivity index (χ1v) is 5.78. The normalized spacial score (nSPS) is 10.8. The molecule has 0 aliphatic heterocycles. The molecule has 0 saturated carbocycles. The number of halogens is 2.